The summed E-state index contributed by atoms with van der Waals surface area (Å²) >= 11 is 0. The first-order valence-corrected chi connectivity index (χ1v) is 7.04. The normalized spacial score (nSPS) is 10.7. The third kappa shape index (κ3) is 2.79. The summed E-state index contributed by atoms with van der Waals surface area (Å²) in [5, 5.41) is 9.76. The molecule has 1 amide bonds. The number of furan rings is 1. The summed E-state index contributed by atoms with van der Waals surface area (Å²) in [5.74, 6) is 1.22. The summed E-state index contributed by atoms with van der Waals surface area (Å²) in [4.78, 5) is 12.3. The molecule has 5 nitrogen and oxygen atoms in total. The molecule has 0 saturated heterocycles. The van der Waals surface area contributed by atoms with E-state index in [0.717, 1.165) is 22.6 Å². The number of amides is 1. The molecule has 0 saturated carbocycles. The molecule has 2 N–H and O–H groups in total. The lowest BCUT2D eigenvalue weighted by atomic mass is 10.1. The Labute approximate surface area is 128 Å². The highest BCUT2D eigenvalue weighted by atomic mass is 16.3. The molecule has 112 valence electrons. The molecular formula is C17H17N3O2. The number of rotatable bonds is 3. The van der Waals surface area contributed by atoms with Crippen molar-refractivity contribution in [3.63, 3.8) is 0 Å². The fourth-order valence-corrected chi connectivity index (χ4v) is 2.20. The first-order chi connectivity index (χ1) is 10.5. The van der Waals surface area contributed by atoms with Gasteiger partial charge in [0, 0.05) is 11.8 Å². The molecule has 0 aliphatic heterocycles. The molecule has 2 heterocycles. The molecular weight excluding hydrogens is 278 g/mol. The van der Waals surface area contributed by atoms with Crippen molar-refractivity contribution in [2.75, 3.05) is 5.32 Å². The Balaban J connectivity index is 1.81. The second kappa shape index (κ2) is 5.52. The molecule has 2 aromatic heterocycles. The van der Waals surface area contributed by atoms with Gasteiger partial charge in [0.05, 0.1) is 0 Å². The largest absolute Gasteiger partial charge is 0.460 e. The molecule has 0 aliphatic carbocycles. The molecule has 0 unspecified atom stereocenters. The Hall–Kier alpha value is -2.82. The zero-order chi connectivity index (χ0) is 15.7. The number of carbonyl (C=O) groups is 1. The quantitative estimate of drug-likeness (QED) is 0.771. The van der Waals surface area contributed by atoms with E-state index in [4.69, 9.17) is 4.42 Å². The van der Waals surface area contributed by atoms with E-state index >= 15 is 0 Å². The van der Waals surface area contributed by atoms with E-state index in [2.05, 4.69) is 15.5 Å². The van der Waals surface area contributed by atoms with Crippen LogP contribution < -0.4 is 5.32 Å². The fourth-order valence-electron chi connectivity index (χ4n) is 2.20. The van der Waals surface area contributed by atoms with Crippen molar-refractivity contribution in [1.82, 2.24) is 10.2 Å². The molecule has 22 heavy (non-hydrogen) atoms. The highest BCUT2D eigenvalue weighted by Crippen LogP contribution is 2.21. The van der Waals surface area contributed by atoms with Crippen molar-refractivity contribution in [2.24, 2.45) is 0 Å². The number of aromatic amines is 1. The lowest BCUT2D eigenvalue weighted by Crippen LogP contribution is -2.13. The van der Waals surface area contributed by atoms with Crippen molar-refractivity contribution in [1.29, 1.82) is 0 Å². The van der Waals surface area contributed by atoms with Crippen molar-refractivity contribution in [3.8, 4) is 11.5 Å². The van der Waals surface area contributed by atoms with Gasteiger partial charge >= 0.3 is 0 Å². The van der Waals surface area contributed by atoms with Crippen LogP contribution in [-0.2, 0) is 0 Å². The van der Waals surface area contributed by atoms with Gasteiger partial charge in [-0.25, -0.2) is 0 Å². The average Bonchev–Trinajstić information content (AvgIpc) is 3.11. The number of benzene rings is 1. The van der Waals surface area contributed by atoms with Crippen LogP contribution in [0.1, 0.15) is 27.4 Å². The van der Waals surface area contributed by atoms with Gasteiger partial charge in [-0.3, -0.25) is 9.89 Å². The van der Waals surface area contributed by atoms with Crippen LogP contribution in [0.25, 0.3) is 11.5 Å². The van der Waals surface area contributed by atoms with Gasteiger partial charge in [0.2, 0.25) is 0 Å². The summed E-state index contributed by atoms with van der Waals surface area (Å²) in [5.41, 5.74) is 3.90. The maximum atomic E-state index is 12.3. The van der Waals surface area contributed by atoms with Gasteiger partial charge in [0.25, 0.3) is 5.91 Å². The second-order valence-corrected chi connectivity index (χ2v) is 5.35. The van der Waals surface area contributed by atoms with Crippen molar-refractivity contribution >= 4 is 11.6 Å². The predicted octanol–water partition coefficient (Wildman–Crippen LogP) is 3.85. The molecule has 0 atom stereocenters. The van der Waals surface area contributed by atoms with Crippen LogP contribution in [0.3, 0.4) is 0 Å². The predicted molar refractivity (Wildman–Crippen MR) is 84.9 cm³/mol. The second-order valence-electron chi connectivity index (χ2n) is 5.35. The smallest absolute Gasteiger partial charge is 0.276 e. The average molecular weight is 295 g/mol. The minimum atomic E-state index is -0.250. The number of nitrogens with zero attached hydrogens (tertiary/aromatic N) is 1. The van der Waals surface area contributed by atoms with Crippen molar-refractivity contribution in [2.45, 2.75) is 20.8 Å². The SMILES string of the molecule is Cc1ccc(C)c(NC(=O)c2cc(-c3ccc(C)o3)[nH]n2)c1. The zero-order valence-electron chi connectivity index (χ0n) is 12.7. The topological polar surface area (TPSA) is 70.9 Å². The van der Waals surface area contributed by atoms with E-state index in [1.165, 1.54) is 0 Å². The number of anilines is 1. The molecule has 0 bridgehead atoms. The van der Waals surface area contributed by atoms with Gasteiger partial charge in [0.15, 0.2) is 11.5 Å². The fraction of sp³-hybridized carbons (Fsp3) is 0.176. The van der Waals surface area contributed by atoms with Crippen LogP contribution in [0.15, 0.2) is 40.8 Å². The summed E-state index contributed by atoms with van der Waals surface area (Å²) in [7, 11) is 0. The lowest BCUT2D eigenvalue weighted by Gasteiger charge is -2.07. The Bertz CT molecular complexity index is 830. The molecule has 5 heteroatoms. The number of nitrogens with one attached hydrogen (secondary N) is 2. The van der Waals surface area contributed by atoms with Crippen LogP contribution in [0, 0.1) is 20.8 Å². The molecule has 3 aromatic rings. The number of H-pyrrole nitrogens is 1. The van der Waals surface area contributed by atoms with Crippen LogP contribution in [-0.4, -0.2) is 16.1 Å². The first-order valence-electron chi connectivity index (χ1n) is 7.04. The van der Waals surface area contributed by atoms with Crippen LogP contribution in [0.5, 0.6) is 0 Å². The van der Waals surface area contributed by atoms with Gasteiger partial charge in [-0.05, 0) is 50.1 Å². The third-order valence-corrected chi connectivity index (χ3v) is 3.46. The molecule has 0 aliphatic rings. The highest BCUT2D eigenvalue weighted by Gasteiger charge is 2.14. The Morgan fingerprint density at radius 1 is 1.14 bits per heavy atom. The van der Waals surface area contributed by atoms with Gasteiger partial charge in [-0.2, -0.15) is 5.10 Å². The highest BCUT2D eigenvalue weighted by molar-refractivity contribution is 6.03. The van der Waals surface area contributed by atoms with Crippen LogP contribution >= 0.6 is 0 Å². The first kappa shape index (κ1) is 14.1. The van der Waals surface area contributed by atoms with E-state index in [-0.39, 0.29) is 5.91 Å². The van der Waals surface area contributed by atoms with Crippen LogP contribution in [0.4, 0.5) is 5.69 Å². The van der Waals surface area contributed by atoms with Gasteiger partial charge in [-0.15, -0.1) is 0 Å². The molecule has 0 fully saturated rings. The minimum Gasteiger partial charge on any atom is -0.460 e. The Kier molecular flexibility index (Phi) is 3.55. The Morgan fingerprint density at radius 2 is 1.95 bits per heavy atom. The summed E-state index contributed by atoms with van der Waals surface area (Å²) < 4.78 is 5.51. The number of aromatic nitrogens is 2. The van der Waals surface area contributed by atoms with Gasteiger partial charge < -0.3 is 9.73 Å². The van der Waals surface area contributed by atoms with Gasteiger partial charge in [-0.1, -0.05) is 12.1 Å². The number of hydrogen-bond acceptors (Lipinski definition) is 3. The summed E-state index contributed by atoms with van der Waals surface area (Å²) in [6.07, 6.45) is 0. The van der Waals surface area contributed by atoms with E-state index < -0.39 is 0 Å². The minimum absolute atomic E-state index is 0.250. The molecule has 1 aromatic carbocycles. The van der Waals surface area contributed by atoms with E-state index in [9.17, 15) is 4.79 Å². The Morgan fingerprint density at radius 3 is 2.68 bits per heavy atom. The summed E-state index contributed by atoms with van der Waals surface area (Å²) in [6, 6.07) is 11.3. The van der Waals surface area contributed by atoms with Gasteiger partial charge in [0.1, 0.15) is 11.5 Å². The van der Waals surface area contributed by atoms with Crippen molar-refractivity contribution in [3.05, 3.63) is 59.0 Å². The lowest BCUT2D eigenvalue weighted by molar-refractivity contribution is 0.102. The maximum absolute atomic E-state index is 12.3. The summed E-state index contributed by atoms with van der Waals surface area (Å²) in [6.45, 7) is 5.81. The van der Waals surface area contributed by atoms with Crippen LogP contribution in [0.2, 0.25) is 0 Å². The van der Waals surface area contributed by atoms with E-state index in [0.29, 0.717) is 17.1 Å². The van der Waals surface area contributed by atoms with Crippen molar-refractivity contribution < 1.29 is 9.21 Å². The number of hydrogen-bond donors (Lipinski definition) is 2. The standard InChI is InChI=1S/C17H17N3O2/c1-10-4-5-11(2)13(8-10)18-17(21)15-9-14(19-20-15)16-7-6-12(3)22-16/h4-9H,1-3H3,(H,18,21)(H,19,20). The molecule has 0 radical (unpaired) electrons. The number of carbonyl (C=O) groups excluding carboxylic acids is 1. The zero-order valence-corrected chi connectivity index (χ0v) is 12.7. The number of aryl methyl sites for hydroxylation is 3. The monoisotopic (exact) mass is 295 g/mol. The molecule has 3 rings (SSSR count). The maximum Gasteiger partial charge on any atom is 0.276 e. The van der Waals surface area contributed by atoms with E-state index in [1.807, 2.05) is 51.1 Å². The third-order valence-electron chi connectivity index (χ3n) is 3.46. The van der Waals surface area contributed by atoms with E-state index in [1.54, 1.807) is 6.07 Å². The molecule has 0 spiro atoms.